The Morgan fingerprint density at radius 3 is 2.75 bits per heavy atom. The second-order valence-electron chi connectivity index (χ2n) is 3.67. The molecule has 0 atom stereocenters. The van der Waals surface area contributed by atoms with Crippen molar-refractivity contribution in [3.63, 3.8) is 0 Å². The van der Waals surface area contributed by atoms with Crippen LogP contribution >= 0.6 is 0 Å². The molecule has 0 aliphatic carbocycles. The van der Waals surface area contributed by atoms with E-state index in [9.17, 15) is 4.79 Å². The third-order valence-electron chi connectivity index (χ3n) is 2.38. The Labute approximate surface area is 73.9 Å². The highest BCUT2D eigenvalue weighted by Crippen LogP contribution is 2.20. The number of nitrogens with zero attached hydrogens (tertiary/aromatic N) is 1. The predicted octanol–water partition coefficient (Wildman–Crippen LogP) is 0.594. The van der Waals surface area contributed by atoms with Crippen LogP contribution in [0.3, 0.4) is 0 Å². The van der Waals surface area contributed by atoms with E-state index in [1.807, 2.05) is 0 Å². The van der Waals surface area contributed by atoms with E-state index in [-0.39, 0.29) is 5.91 Å². The van der Waals surface area contributed by atoms with Gasteiger partial charge < -0.3 is 5.73 Å². The van der Waals surface area contributed by atoms with Crippen LogP contribution in [-0.2, 0) is 4.79 Å². The Hall–Kier alpha value is -0.570. The number of hydrogen-bond donors (Lipinski definition) is 1. The lowest BCUT2D eigenvalue weighted by molar-refractivity contribution is -0.120. The first-order chi connectivity index (χ1) is 5.72. The first-order valence-electron chi connectivity index (χ1n) is 4.73. The smallest absolute Gasteiger partial charge is 0.231 e. The highest BCUT2D eigenvalue weighted by atomic mass is 16.1. The Bertz CT molecular complexity index is 153. The Morgan fingerprint density at radius 1 is 1.58 bits per heavy atom. The number of carbonyl (C=O) groups excluding carboxylic acids is 1. The number of nitrogens with two attached hydrogens (primary N) is 1. The number of hydrogen-bond acceptors (Lipinski definition) is 2. The van der Waals surface area contributed by atoms with Gasteiger partial charge in [-0.05, 0) is 12.3 Å². The molecule has 0 radical (unpaired) electrons. The monoisotopic (exact) mass is 170 g/mol. The maximum absolute atomic E-state index is 10.5. The van der Waals surface area contributed by atoms with Crippen molar-refractivity contribution in [1.82, 2.24) is 4.90 Å². The molecule has 1 saturated heterocycles. The molecule has 1 fully saturated rings. The van der Waals surface area contributed by atoms with Gasteiger partial charge in [0.15, 0.2) is 0 Å². The molecular formula is C9H18N2O. The number of unbranched alkanes of at least 4 members (excludes halogenated alkanes) is 1. The fourth-order valence-corrected chi connectivity index (χ4v) is 1.70. The fraction of sp³-hybridized carbons (Fsp3) is 0.889. The van der Waals surface area contributed by atoms with E-state index in [0.29, 0.717) is 6.54 Å². The average molecular weight is 170 g/mol. The molecule has 2 N–H and O–H groups in total. The van der Waals surface area contributed by atoms with Gasteiger partial charge in [0.25, 0.3) is 0 Å². The van der Waals surface area contributed by atoms with Gasteiger partial charge in [0.1, 0.15) is 0 Å². The second kappa shape index (κ2) is 4.45. The van der Waals surface area contributed by atoms with Gasteiger partial charge in [-0.3, -0.25) is 9.69 Å². The second-order valence-corrected chi connectivity index (χ2v) is 3.67. The van der Waals surface area contributed by atoms with Gasteiger partial charge in [0, 0.05) is 13.1 Å². The van der Waals surface area contributed by atoms with Gasteiger partial charge in [0.05, 0.1) is 6.54 Å². The van der Waals surface area contributed by atoms with E-state index in [0.717, 1.165) is 19.0 Å². The van der Waals surface area contributed by atoms with Gasteiger partial charge in [0.2, 0.25) is 5.91 Å². The minimum absolute atomic E-state index is 0.205. The normalized spacial score (nSPS) is 19.1. The molecule has 0 saturated carbocycles. The molecule has 0 unspecified atom stereocenters. The SMILES string of the molecule is CCCCC1CN(CC(N)=O)C1. The van der Waals surface area contributed by atoms with Crippen LogP contribution in [-0.4, -0.2) is 30.4 Å². The van der Waals surface area contributed by atoms with Gasteiger partial charge in [-0.1, -0.05) is 19.8 Å². The zero-order valence-corrected chi connectivity index (χ0v) is 7.75. The van der Waals surface area contributed by atoms with Crippen molar-refractivity contribution in [3.8, 4) is 0 Å². The van der Waals surface area contributed by atoms with Crippen LogP contribution in [0.25, 0.3) is 0 Å². The largest absolute Gasteiger partial charge is 0.369 e. The van der Waals surface area contributed by atoms with Gasteiger partial charge in [-0.25, -0.2) is 0 Å². The molecule has 1 heterocycles. The van der Waals surface area contributed by atoms with E-state index in [1.165, 1.54) is 19.3 Å². The Kier molecular flexibility index (Phi) is 3.53. The summed E-state index contributed by atoms with van der Waals surface area (Å²) in [6, 6.07) is 0. The lowest BCUT2D eigenvalue weighted by atomic mass is 9.94. The highest BCUT2D eigenvalue weighted by Gasteiger charge is 2.26. The van der Waals surface area contributed by atoms with Crippen LogP contribution in [0.5, 0.6) is 0 Å². The summed E-state index contributed by atoms with van der Waals surface area (Å²) in [6.07, 6.45) is 3.90. The average Bonchev–Trinajstić information content (AvgIpc) is 1.93. The summed E-state index contributed by atoms with van der Waals surface area (Å²) in [6.45, 7) is 4.80. The summed E-state index contributed by atoms with van der Waals surface area (Å²) in [7, 11) is 0. The van der Waals surface area contributed by atoms with Gasteiger partial charge >= 0.3 is 0 Å². The molecule has 70 valence electrons. The van der Waals surface area contributed by atoms with Crippen molar-refractivity contribution in [1.29, 1.82) is 0 Å². The number of rotatable bonds is 5. The summed E-state index contributed by atoms with van der Waals surface area (Å²) in [5, 5.41) is 0. The van der Waals surface area contributed by atoms with E-state index < -0.39 is 0 Å². The summed E-state index contributed by atoms with van der Waals surface area (Å²) in [4.78, 5) is 12.6. The number of primary amides is 1. The molecule has 0 aromatic heterocycles. The molecule has 3 heteroatoms. The molecule has 3 nitrogen and oxygen atoms in total. The highest BCUT2D eigenvalue weighted by molar-refractivity contribution is 5.76. The van der Waals surface area contributed by atoms with Crippen LogP contribution in [0.2, 0.25) is 0 Å². The first-order valence-corrected chi connectivity index (χ1v) is 4.73. The van der Waals surface area contributed by atoms with Crippen molar-refractivity contribution in [3.05, 3.63) is 0 Å². The maximum atomic E-state index is 10.5. The molecule has 0 spiro atoms. The van der Waals surface area contributed by atoms with Crippen LogP contribution in [0.4, 0.5) is 0 Å². The Balaban J connectivity index is 2.00. The minimum atomic E-state index is -0.205. The topological polar surface area (TPSA) is 46.3 Å². The van der Waals surface area contributed by atoms with Gasteiger partial charge in [-0.15, -0.1) is 0 Å². The number of amides is 1. The van der Waals surface area contributed by atoms with E-state index >= 15 is 0 Å². The van der Waals surface area contributed by atoms with Crippen molar-refractivity contribution in [2.24, 2.45) is 11.7 Å². The fourth-order valence-electron chi connectivity index (χ4n) is 1.70. The predicted molar refractivity (Wildman–Crippen MR) is 48.6 cm³/mol. The molecular weight excluding hydrogens is 152 g/mol. The van der Waals surface area contributed by atoms with Gasteiger partial charge in [-0.2, -0.15) is 0 Å². The van der Waals surface area contributed by atoms with E-state index in [1.54, 1.807) is 0 Å². The molecule has 0 aromatic rings. The molecule has 12 heavy (non-hydrogen) atoms. The molecule has 1 rings (SSSR count). The molecule has 1 aliphatic rings. The van der Waals surface area contributed by atoms with Crippen molar-refractivity contribution >= 4 is 5.91 Å². The van der Waals surface area contributed by atoms with E-state index in [2.05, 4.69) is 11.8 Å². The summed E-state index contributed by atoms with van der Waals surface area (Å²) in [5.41, 5.74) is 5.07. The van der Waals surface area contributed by atoms with Crippen molar-refractivity contribution in [2.75, 3.05) is 19.6 Å². The molecule has 1 amide bonds. The summed E-state index contributed by atoms with van der Waals surface area (Å²) in [5.74, 6) is 0.619. The third kappa shape index (κ3) is 2.81. The first kappa shape index (κ1) is 9.52. The van der Waals surface area contributed by atoms with Crippen molar-refractivity contribution in [2.45, 2.75) is 26.2 Å². The summed E-state index contributed by atoms with van der Waals surface area (Å²) >= 11 is 0. The quantitative estimate of drug-likeness (QED) is 0.656. The van der Waals surface area contributed by atoms with Crippen LogP contribution in [0, 0.1) is 5.92 Å². The van der Waals surface area contributed by atoms with Crippen LogP contribution < -0.4 is 5.73 Å². The zero-order chi connectivity index (χ0) is 8.97. The summed E-state index contributed by atoms with van der Waals surface area (Å²) < 4.78 is 0. The zero-order valence-electron chi connectivity index (χ0n) is 7.75. The van der Waals surface area contributed by atoms with Crippen LogP contribution in [0.15, 0.2) is 0 Å². The molecule has 1 aliphatic heterocycles. The van der Waals surface area contributed by atoms with E-state index in [4.69, 9.17) is 5.73 Å². The third-order valence-corrected chi connectivity index (χ3v) is 2.38. The molecule has 0 bridgehead atoms. The lowest BCUT2D eigenvalue weighted by Gasteiger charge is -2.38. The molecule has 0 aromatic carbocycles. The maximum Gasteiger partial charge on any atom is 0.231 e. The standard InChI is InChI=1S/C9H18N2O/c1-2-3-4-8-5-11(6-8)7-9(10)12/h8H,2-7H2,1H3,(H2,10,12). The number of carbonyl (C=O) groups is 1. The minimum Gasteiger partial charge on any atom is -0.369 e. The number of likely N-dealkylation sites (tertiary alicyclic amines) is 1. The van der Waals surface area contributed by atoms with Crippen LogP contribution in [0.1, 0.15) is 26.2 Å². The van der Waals surface area contributed by atoms with Crippen molar-refractivity contribution < 1.29 is 4.79 Å². The Morgan fingerprint density at radius 2 is 2.25 bits per heavy atom. The lowest BCUT2D eigenvalue weighted by Crippen LogP contribution is -2.49.